The maximum absolute atomic E-state index is 6.40. The number of hydrogen-bond acceptors (Lipinski definition) is 4. The van der Waals surface area contributed by atoms with Crippen LogP contribution in [0.15, 0.2) is 18.5 Å². The molecule has 0 saturated heterocycles. The number of fused-ring (bicyclic) bond motifs is 1. The first kappa shape index (κ1) is 18.3. The molecular formula is C20H26ClN5O. The van der Waals surface area contributed by atoms with Gasteiger partial charge in [-0.25, -0.2) is 4.52 Å². The second kappa shape index (κ2) is 7.17. The number of hydrogen-bond donors (Lipinski definition) is 1. The number of aryl methyl sites for hydroxylation is 1. The van der Waals surface area contributed by atoms with Gasteiger partial charge in [-0.2, -0.15) is 10.2 Å². The normalized spacial score (nSPS) is 15.9. The van der Waals surface area contributed by atoms with E-state index in [1.807, 2.05) is 25.0 Å². The Morgan fingerprint density at radius 3 is 2.85 bits per heavy atom. The number of nitrogens with zero attached hydrogens (tertiary/aromatic N) is 4. The molecule has 1 saturated carbocycles. The van der Waals surface area contributed by atoms with Gasteiger partial charge in [0.05, 0.1) is 28.7 Å². The van der Waals surface area contributed by atoms with Gasteiger partial charge in [-0.15, -0.1) is 0 Å². The fourth-order valence-corrected chi connectivity index (χ4v) is 4.05. The van der Waals surface area contributed by atoms with E-state index >= 15 is 0 Å². The number of aromatic nitrogens is 4. The second-order valence-corrected chi connectivity index (χ2v) is 7.87. The van der Waals surface area contributed by atoms with Crippen LogP contribution in [0.25, 0.3) is 16.8 Å². The van der Waals surface area contributed by atoms with Gasteiger partial charge in [0.15, 0.2) is 0 Å². The summed E-state index contributed by atoms with van der Waals surface area (Å²) in [6.07, 6.45) is 7.56. The van der Waals surface area contributed by atoms with Crippen molar-refractivity contribution in [1.29, 1.82) is 0 Å². The van der Waals surface area contributed by atoms with Crippen molar-refractivity contribution in [3.05, 3.63) is 34.7 Å². The quantitative estimate of drug-likeness (QED) is 0.695. The van der Waals surface area contributed by atoms with Crippen LogP contribution in [0.1, 0.15) is 37.4 Å². The molecule has 7 heteroatoms. The van der Waals surface area contributed by atoms with E-state index in [2.05, 4.69) is 30.3 Å². The predicted octanol–water partition coefficient (Wildman–Crippen LogP) is 3.98. The molecule has 4 rings (SSSR count). The lowest BCUT2D eigenvalue weighted by Gasteiger charge is -2.31. The smallest absolute Gasteiger partial charge is 0.147 e. The lowest BCUT2D eigenvalue weighted by molar-refractivity contribution is 0.1000. The van der Waals surface area contributed by atoms with Gasteiger partial charge in [-0.3, -0.25) is 4.68 Å². The van der Waals surface area contributed by atoms with Crippen LogP contribution in [0.3, 0.4) is 0 Å². The first-order chi connectivity index (χ1) is 13.0. The number of nitrogens with one attached hydrogen (secondary N) is 1. The molecule has 0 aliphatic heterocycles. The van der Waals surface area contributed by atoms with Gasteiger partial charge >= 0.3 is 0 Å². The largest absolute Gasteiger partial charge is 0.488 e. The number of ether oxygens (including phenoxy) is 1. The highest BCUT2D eigenvalue weighted by molar-refractivity contribution is 6.34. The molecule has 6 nitrogen and oxygen atoms in total. The minimum Gasteiger partial charge on any atom is -0.488 e. The molecule has 1 aliphatic rings. The van der Waals surface area contributed by atoms with E-state index in [-0.39, 0.29) is 6.10 Å². The number of rotatable bonds is 6. The van der Waals surface area contributed by atoms with E-state index in [0.717, 1.165) is 40.3 Å². The zero-order chi connectivity index (χ0) is 19.1. The van der Waals surface area contributed by atoms with Crippen LogP contribution < -0.4 is 10.1 Å². The SMILES string of the molecule is CNCc1c(C)c(-c2cc(OC(C)C3CCC3)c3c(Cl)cnn3c2)nn1C. The summed E-state index contributed by atoms with van der Waals surface area (Å²) in [5.74, 6) is 1.39. The Morgan fingerprint density at radius 2 is 2.19 bits per heavy atom. The van der Waals surface area contributed by atoms with Gasteiger partial charge in [-0.05, 0) is 51.3 Å². The molecule has 27 heavy (non-hydrogen) atoms. The van der Waals surface area contributed by atoms with E-state index < -0.39 is 0 Å². The Labute approximate surface area is 164 Å². The van der Waals surface area contributed by atoms with Gasteiger partial charge in [-0.1, -0.05) is 18.0 Å². The first-order valence-electron chi connectivity index (χ1n) is 9.50. The van der Waals surface area contributed by atoms with Gasteiger partial charge in [0, 0.05) is 25.4 Å². The molecule has 0 amide bonds. The molecule has 1 aliphatic carbocycles. The summed E-state index contributed by atoms with van der Waals surface area (Å²) in [5.41, 5.74) is 5.06. The van der Waals surface area contributed by atoms with Crippen LogP contribution in [0, 0.1) is 12.8 Å². The Balaban J connectivity index is 1.79. The predicted molar refractivity (Wildman–Crippen MR) is 107 cm³/mol. The van der Waals surface area contributed by atoms with E-state index in [1.165, 1.54) is 19.3 Å². The van der Waals surface area contributed by atoms with E-state index in [4.69, 9.17) is 21.4 Å². The maximum Gasteiger partial charge on any atom is 0.147 e. The monoisotopic (exact) mass is 387 g/mol. The van der Waals surface area contributed by atoms with Crippen LogP contribution >= 0.6 is 11.6 Å². The van der Waals surface area contributed by atoms with Crippen molar-refractivity contribution >= 4 is 17.1 Å². The molecular weight excluding hydrogens is 362 g/mol. The van der Waals surface area contributed by atoms with Crippen molar-refractivity contribution in [3.8, 4) is 17.0 Å². The molecule has 0 bridgehead atoms. The molecule has 0 aromatic carbocycles. The third-order valence-corrected chi connectivity index (χ3v) is 5.98. The molecule has 1 atom stereocenters. The first-order valence-corrected chi connectivity index (χ1v) is 9.88. The van der Waals surface area contributed by atoms with Crippen LogP contribution in [0.2, 0.25) is 5.02 Å². The highest BCUT2D eigenvalue weighted by atomic mass is 35.5. The summed E-state index contributed by atoms with van der Waals surface area (Å²) in [4.78, 5) is 0. The molecule has 3 heterocycles. The Bertz CT molecular complexity index is 973. The van der Waals surface area contributed by atoms with Crippen LogP contribution in [0.5, 0.6) is 5.75 Å². The summed E-state index contributed by atoms with van der Waals surface area (Å²) >= 11 is 6.40. The summed E-state index contributed by atoms with van der Waals surface area (Å²) < 4.78 is 10.1. The van der Waals surface area contributed by atoms with Crippen molar-refractivity contribution in [2.24, 2.45) is 13.0 Å². The molecule has 3 aromatic rings. The second-order valence-electron chi connectivity index (χ2n) is 7.47. The summed E-state index contributed by atoms with van der Waals surface area (Å²) in [7, 11) is 3.92. The number of halogens is 1. The van der Waals surface area contributed by atoms with Gasteiger partial charge in [0.1, 0.15) is 11.3 Å². The molecule has 1 N–H and O–H groups in total. The maximum atomic E-state index is 6.40. The van der Waals surface area contributed by atoms with Crippen LogP contribution in [-0.4, -0.2) is 32.5 Å². The van der Waals surface area contributed by atoms with Crippen molar-refractivity contribution in [3.63, 3.8) is 0 Å². The highest BCUT2D eigenvalue weighted by Crippen LogP contribution is 2.37. The average molecular weight is 388 g/mol. The Kier molecular flexibility index (Phi) is 4.86. The lowest BCUT2D eigenvalue weighted by Crippen LogP contribution is -2.29. The van der Waals surface area contributed by atoms with E-state index in [1.54, 1.807) is 10.7 Å². The molecule has 3 aromatic heterocycles. The van der Waals surface area contributed by atoms with Crippen LogP contribution in [-0.2, 0) is 13.6 Å². The average Bonchev–Trinajstić information content (AvgIpc) is 3.08. The summed E-state index contributed by atoms with van der Waals surface area (Å²) in [6, 6.07) is 2.05. The minimum absolute atomic E-state index is 0.161. The zero-order valence-electron chi connectivity index (χ0n) is 16.3. The Morgan fingerprint density at radius 1 is 1.41 bits per heavy atom. The molecule has 0 radical (unpaired) electrons. The van der Waals surface area contributed by atoms with Crippen molar-refractivity contribution in [1.82, 2.24) is 24.7 Å². The van der Waals surface area contributed by atoms with Crippen LogP contribution in [0.4, 0.5) is 0 Å². The molecule has 1 fully saturated rings. The lowest BCUT2D eigenvalue weighted by atomic mass is 9.82. The standard InChI is InChI=1S/C20H26ClN5O/c1-12-17(10-22-3)25(4)24-19(12)15-8-18(27-13(2)14-6-5-7-14)20-16(21)9-23-26(20)11-15/h8-9,11,13-14,22H,5-7,10H2,1-4H3. The molecule has 144 valence electrons. The van der Waals surface area contributed by atoms with Gasteiger partial charge in [0.2, 0.25) is 0 Å². The summed E-state index contributed by atoms with van der Waals surface area (Å²) in [5, 5.41) is 13.0. The van der Waals surface area contributed by atoms with Crippen molar-refractivity contribution in [2.45, 2.75) is 45.8 Å². The molecule has 1 unspecified atom stereocenters. The minimum atomic E-state index is 0.161. The third kappa shape index (κ3) is 3.21. The fraction of sp³-hybridized carbons (Fsp3) is 0.500. The van der Waals surface area contributed by atoms with E-state index in [0.29, 0.717) is 10.9 Å². The van der Waals surface area contributed by atoms with Crippen molar-refractivity contribution in [2.75, 3.05) is 7.05 Å². The Hall–Kier alpha value is -2.05. The van der Waals surface area contributed by atoms with Gasteiger partial charge < -0.3 is 10.1 Å². The zero-order valence-corrected chi connectivity index (χ0v) is 17.0. The highest BCUT2D eigenvalue weighted by Gasteiger charge is 2.27. The summed E-state index contributed by atoms with van der Waals surface area (Å²) in [6.45, 7) is 5.02. The van der Waals surface area contributed by atoms with Gasteiger partial charge in [0.25, 0.3) is 0 Å². The molecule has 0 spiro atoms. The van der Waals surface area contributed by atoms with Crippen molar-refractivity contribution < 1.29 is 4.74 Å². The van der Waals surface area contributed by atoms with E-state index in [9.17, 15) is 0 Å². The third-order valence-electron chi connectivity index (χ3n) is 5.71. The number of pyridine rings is 1. The topological polar surface area (TPSA) is 56.4 Å². The fourth-order valence-electron chi connectivity index (χ4n) is 3.83.